The van der Waals surface area contributed by atoms with Gasteiger partial charge in [-0.3, -0.25) is 14.9 Å². The topological polar surface area (TPSA) is 69.4 Å². The first-order valence-electron chi connectivity index (χ1n) is 5.56. The van der Waals surface area contributed by atoms with Crippen molar-refractivity contribution in [1.29, 1.82) is 0 Å². The summed E-state index contributed by atoms with van der Waals surface area (Å²) in [5.41, 5.74) is 0.625. The van der Waals surface area contributed by atoms with E-state index in [2.05, 4.69) is 0 Å². The van der Waals surface area contributed by atoms with Crippen LogP contribution in [0.15, 0.2) is 18.2 Å². The number of benzene rings is 1. The van der Waals surface area contributed by atoms with Gasteiger partial charge in [0, 0.05) is 18.1 Å². The van der Waals surface area contributed by atoms with Crippen LogP contribution in [0.2, 0.25) is 0 Å². The third-order valence-electron chi connectivity index (χ3n) is 2.31. The first kappa shape index (κ1) is 13.2. The van der Waals surface area contributed by atoms with Crippen LogP contribution in [-0.4, -0.2) is 10.9 Å². The minimum absolute atomic E-state index is 0.0581. The van der Waals surface area contributed by atoms with E-state index in [-0.39, 0.29) is 11.7 Å². The highest BCUT2D eigenvalue weighted by molar-refractivity contribution is 5.72. The average molecular weight is 237 g/mol. The fourth-order valence-corrected chi connectivity index (χ4v) is 1.47. The van der Waals surface area contributed by atoms with E-state index in [9.17, 15) is 14.9 Å². The number of hydrogen-bond donors (Lipinski definition) is 0. The van der Waals surface area contributed by atoms with Crippen molar-refractivity contribution >= 4 is 11.7 Å². The van der Waals surface area contributed by atoms with Gasteiger partial charge in [0.05, 0.1) is 4.92 Å². The number of rotatable bonds is 5. The summed E-state index contributed by atoms with van der Waals surface area (Å²) in [7, 11) is 0. The zero-order valence-electron chi connectivity index (χ0n) is 9.93. The predicted octanol–water partition coefficient (Wildman–Crippen LogP) is 2.86. The van der Waals surface area contributed by atoms with Gasteiger partial charge in [0.2, 0.25) is 0 Å². The quantitative estimate of drug-likeness (QED) is 0.341. The van der Waals surface area contributed by atoms with Gasteiger partial charge in [-0.25, -0.2) is 0 Å². The first-order chi connectivity index (χ1) is 8.08. The van der Waals surface area contributed by atoms with Crippen LogP contribution in [-0.2, 0) is 11.2 Å². The number of carbonyl (C=O) groups excluding carboxylic acids is 1. The number of esters is 1. The fourth-order valence-electron chi connectivity index (χ4n) is 1.47. The van der Waals surface area contributed by atoms with Crippen LogP contribution in [0.5, 0.6) is 5.75 Å². The molecule has 0 spiro atoms. The molecule has 1 aromatic rings. The van der Waals surface area contributed by atoms with E-state index in [0.29, 0.717) is 30.6 Å². The summed E-state index contributed by atoms with van der Waals surface area (Å²) in [6.07, 6.45) is 1.58. The lowest BCUT2D eigenvalue weighted by molar-refractivity contribution is -0.385. The summed E-state index contributed by atoms with van der Waals surface area (Å²) in [6.45, 7) is 3.70. The number of nitro groups is 1. The molecule has 0 saturated heterocycles. The molecule has 0 unspecified atom stereocenters. The van der Waals surface area contributed by atoms with Gasteiger partial charge in [0.25, 0.3) is 5.69 Å². The molecule has 1 aromatic carbocycles. The molecule has 0 fully saturated rings. The Balaban J connectivity index is 2.90. The molecule has 0 heterocycles. The van der Waals surface area contributed by atoms with Crippen molar-refractivity contribution < 1.29 is 14.5 Å². The molecule has 0 aliphatic rings. The van der Waals surface area contributed by atoms with Crippen molar-refractivity contribution in [1.82, 2.24) is 0 Å². The fraction of sp³-hybridized carbons (Fsp3) is 0.417. The van der Waals surface area contributed by atoms with Crippen molar-refractivity contribution in [3.05, 3.63) is 33.9 Å². The zero-order valence-corrected chi connectivity index (χ0v) is 9.93. The van der Waals surface area contributed by atoms with E-state index in [1.807, 2.05) is 13.8 Å². The maximum atomic E-state index is 11.3. The highest BCUT2D eigenvalue weighted by Crippen LogP contribution is 2.24. The van der Waals surface area contributed by atoms with Gasteiger partial charge in [0.15, 0.2) is 0 Å². The Morgan fingerprint density at radius 1 is 1.41 bits per heavy atom. The predicted molar refractivity (Wildman–Crippen MR) is 63.0 cm³/mol. The first-order valence-corrected chi connectivity index (χ1v) is 5.56. The molecule has 0 aliphatic heterocycles. The normalized spacial score (nSPS) is 10.0. The van der Waals surface area contributed by atoms with E-state index in [1.165, 1.54) is 12.1 Å². The van der Waals surface area contributed by atoms with Crippen LogP contribution in [0.4, 0.5) is 5.69 Å². The Bertz CT molecular complexity index is 429. The summed E-state index contributed by atoms with van der Waals surface area (Å²) < 4.78 is 5.07. The summed E-state index contributed by atoms with van der Waals surface area (Å²) >= 11 is 0. The molecule has 0 N–H and O–H groups in total. The molecule has 1 rings (SSSR count). The van der Waals surface area contributed by atoms with Crippen molar-refractivity contribution in [2.45, 2.75) is 33.1 Å². The molecule has 0 radical (unpaired) electrons. The molecule has 0 aliphatic carbocycles. The molecule has 0 aromatic heterocycles. The largest absolute Gasteiger partial charge is 0.427 e. The molecule has 5 heteroatoms. The maximum Gasteiger partial charge on any atom is 0.311 e. The van der Waals surface area contributed by atoms with Gasteiger partial charge in [0.1, 0.15) is 5.75 Å². The van der Waals surface area contributed by atoms with Crippen LogP contribution in [0, 0.1) is 10.1 Å². The van der Waals surface area contributed by atoms with Crippen LogP contribution in [0.3, 0.4) is 0 Å². The standard InChI is InChI=1S/C12H15NO4/c1-3-5-12(14)17-10-6-7-11(13(15)16)9(4-2)8-10/h6-8H,3-5H2,1-2H3. The summed E-state index contributed by atoms with van der Waals surface area (Å²) in [4.78, 5) is 21.6. The summed E-state index contributed by atoms with van der Waals surface area (Å²) in [5, 5.41) is 10.7. The number of ether oxygens (including phenoxy) is 1. The second-order valence-electron chi connectivity index (χ2n) is 3.63. The lowest BCUT2D eigenvalue weighted by Crippen LogP contribution is -2.07. The summed E-state index contributed by atoms with van der Waals surface area (Å²) in [5.74, 6) is 0.0503. The molecule has 0 saturated carbocycles. The van der Waals surface area contributed by atoms with E-state index in [4.69, 9.17) is 4.74 Å². The van der Waals surface area contributed by atoms with E-state index < -0.39 is 4.92 Å². The van der Waals surface area contributed by atoms with Crippen LogP contribution >= 0.6 is 0 Å². The van der Waals surface area contributed by atoms with E-state index in [0.717, 1.165) is 0 Å². The third-order valence-corrected chi connectivity index (χ3v) is 2.31. The Kier molecular flexibility index (Phi) is 4.63. The second-order valence-corrected chi connectivity index (χ2v) is 3.63. The van der Waals surface area contributed by atoms with Gasteiger partial charge >= 0.3 is 5.97 Å². The number of carbonyl (C=O) groups is 1. The SMILES string of the molecule is CCCC(=O)Oc1ccc([N+](=O)[O-])c(CC)c1. The van der Waals surface area contributed by atoms with Crippen molar-refractivity contribution in [2.75, 3.05) is 0 Å². The molecule has 92 valence electrons. The van der Waals surface area contributed by atoms with E-state index >= 15 is 0 Å². The molecule has 0 atom stereocenters. The Hall–Kier alpha value is -1.91. The number of nitrogens with zero attached hydrogens (tertiary/aromatic N) is 1. The Morgan fingerprint density at radius 3 is 2.65 bits per heavy atom. The van der Waals surface area contributed by atoms with Gasteiger partial charge < -0.3 is 4.74 Å². The van der Waals surface area contributed by atoms with Gasteiger partial charge in [-0.1, -0.05) is 13.8 Å². The molecule has 17 heavy (non-hydrogen) atoms. The lowest BCUT2D eigenvalue weighted by atomic mass is 10.1. The minimum atomic E-state index is -0.434. The molecule has 5 nitrogen and oxygen atoms in total. The average Bonchev–Trinajstić information content (AvgIpc) is 2.28. The molecule has 0 bridgehead atoms. The van der Waals surface area contributed by atoms with Crippen molar-refractivity contribution in [2.24, 2.45) is 0 Å². The maximum absolute atomic E-state index is 11.3. The smallest absolute Gasteiger partial charge is 0.311 e. The van der Waals surface area contributed by atoms with Crippen LogP contribution in [0.25, 0.3) is 0 Å². The molecule has 0 amide bonds. The molecular formula is C12H15NO4. The van der Waals surface area contributed by atoms with Gasteiger partial charge in [-0.2, -0.15) is 0 Å². The second kappa shape index (κ2) is 5.98. The monoisotopic (exact) mass is 237 g/mol. The van der Waals surface area contributed by atoms with Crippen LogP contribution in [0.1, 0.15) is 32.3 Å². The van der Waals surface area contributed by atoms with E-state index in [1.54, 1.807) is 6.07 Å². The molecular weight excluding hydrogens is 222 g/mol. The number of aryl methyl sites for hydroxylation is 1. The van der Waals surface area contributed by atoms with Gasteiger partial charge in [-0.05, 0) is 25.0 Å². The number of hydrogen-bond acceptors (Lipinski definition) is 4. The Labute approximate surface area is 99.5 Å². The van der Waals surface area contributed by atoms with Crippen LogP contribution < -0.4 is 4.74 Å². The highest BCUT2D eigenvalue weighted by Gasteiger charge is 2.14. The van der Waals surface area contributed by atoms with Gasteiger partial charge in [-0.15, -0.1) is 0 Å². The highest BCUT2D eigenvalue weighted by atomic mass is 16.6. The Morgan fingerprint density at radius 2 is 2.12 bits per heavy atom. The summed E-state index contributed by atoms with van der Waals surface area (Å²) in [6, 6.07) is 4.37. The lowest BCUT2D eigenvalue weighted by Gasteiger charge is -2.05. The number of nitro benzene ring substituents is 1. The minimum Gasteiger partial charge on any atom is -0.427 e. The third kappa shape index (κ3) is 3.55. The van der Waals surface area contributed by atoms with Crippen molar-refractivity contribution in [3.8, 4) is 5.75 Å². The zero-order chi connectivity index (χ0) is 12.8. The van der Waals surface area contributed by atoms with Crippen molar-refractivity contribution in [3.63, 3.8) is 0 Å².